The molecule has 0 unspecified atom stereocenters. The Balaban J connectivity index is 1.96. The third-order valence-electron chi connectivity index (χ3n) is 4.20. The number of carbonyl (C=O) groups is 2. The van der Waals surface area contributed by atoms with Gasteiger partial charge in [-0.3, -0.25) is 4.79 Å². The minimum absolute atomic E-state index is 0.0871. The molecule has 3 N–H and O–H groups in total. The second-order valence-electron chi connectivity index (χ2n) is 7.13. The van der Waals surface area contributed by atoms with Crippen molar-refractivity contribution in [3.05, 3.63) is 65.7 Å². The van der Waals surface area contributed by atoms with Crippen molar-refractivity contribution in [2.45, 2.75) is 39.3 Å². The third kappa shape index (κ3) is 7.29. The van der Waals surface area contributed by atoms with Gasteiger partial charge < -0.3 is 20.4 Å². The van der Waals surface area contributed by atoms with E-state index in [4.69, 9.17) is 9.94 Å². The number of nitrogens with zero attached hydrogens (tertiary/aromatic N) is 1. The maximum absolute atomic E-state index is 12.2. The first kappa shape index (κ1) is 21.9. The Hall–Kier alpha value is -3.35. The number of ether oxygens (including phenoxy) is 1. The number of benzene rings is 2. The van der Waals surface area contributed by atoms with Crippen molar-refractivity contribution in [2.24, 2.45) is 11.1 Å². The van der Waals surface area contributed by atoms with Crippen LogP contribution in [0.4, 0.5) is 0 Å². The molecule has 0 radical (unpaired) electrons. The Morgan fingerprint density at radius 3 is 2.24 bits per heavy atom. The quantitative estimate of drug-likeness (QED) is 0.323. The van der Waals surface area contributed by atoms with E-state index in [9.17, 15) is 14.7 Å². The molecule has 0 heterocycles. The smallest absolute Gasteiger partial charge is 0.326 e. The fourth-order valence-corrected chi connectivity index (χ4v) is 2.71. The van der Waals surface area contributed by atoms with Crippen molar-refractivity contribution >= 4 is 17.6 Å². The molecule has 2 rings (SSSR count). The summed E-state index contributed by atoms with van der Waals surface area (Å²) in [6.07, 6.45) is 0.350. The summed E-state index contributed by atoms with van der Waals surface area (Å²) in [5.41, 5.74) is 1.69. The zero-order chi connectivity index (χ0) is 21.2. The fourth-order valence-electron chi connectivity index (χ4n) is 2.71. The van der Waals surface area contributed by atoms with Gasteiger partial charge in [0, 0.05) is 12.8 Å². The second-order valence-corrected chi connectivity index (χ2v) is 7.13. The van der Waals surface area contributed by atoms with E-state index >= 15 is 0 Å². The molecule has 0 bridgehead atoms. The molecule has 0 saturated carbocycles. The van der Waals surface area contributed by atoms with Crippen molar-refractivity contribution in [2.75, 3.05) is 0 Å². The molecule has 0 fully saturated rings. The van der Waals surface area contributed by atoms with E-state index in [-0.39, 0.29) is 24.5 Å². The highest BCUT2D eigenvalue weighted by atomic mass is 16.5. The molecular weight excluding hydrogens is 372 g/mol. The lowest BCUT2D eigenvalue weighted by molar-refractivity contribution is -0.141. The predicted octanol–water partition coefficient (Wildman–Crippen LogP) is 3.25. The first-order chi connectivity index (χ1) is 13.9. The SMILES string of the molecule is CC(C)CC(=NO)C(=O)N[C@@H](Cc1ccc(OCc2ccccc2)cc1)C(=O)O. The molecule has 154 valence electrons. The van der Waals surface area contributed by atoms with Gasteiger partial charge >= 0.3 is 5.97 Å². The first-order valence-corrected chi connectivity index (χ1v) is 9.39. The van der Waals surface area contributed by atoms with Gasteiger partial charge in [-0.05, 0) is 29.2 Å². The summed E-state index contributed by atoms with van der Waals surface area (Å²) < 4.78 is 5.72. The van der Waals surface area contributed by atoms with Gasteiger partial charge in [-0.2, -0.15) is 0 Å². The number of hydrogen-bond acceptors (Lipinski definition) is 5. The van der Waals surface area contributed by atoms with E-state index in [1.807, 2.05) is 44.2 Å². The van der Waals surface area contributed by atoms with E-state index in [0.717, 1.165) is 11.1 Å². The molecule has 7 nitrogen and oxygen atoms in total. The summed E-state index contributed by atoms with van der Waals surface area (Å²) in [4.78, 5) is 23.8. The highest BCUT2D eigenvalue weighted by Crippen LogP contribution is 2.15. The summed E-state index contributed by atoms with van der Waals surface area (Å²) in [6, 6.07) is 15.7. The molecular formula is C22H26N2O5. The van der Waals surface area contributed by atoms with Crippen LogP contribution >= 0.6 is 0 Å². The second kappa shape index (κ2) is 10.8. The number of oxime groups is 1. The van der Waals surface area contributed by atoms with Gasteiger partial charge in [0.1, 0.15) is 24.1 Å². The molecule has 0 aromatic heterocycles. The zero-order valence-corrected chi connectivity index (χ0v) is 16.5. The zero-order valence-electron chi connectivity index (χ0n) is 16.5. The minimum atomic E-state index is -1.16. The summed E-state index contributed by atoms with van der Waals surface area (Å²) in [5.74, 6) is -1.08. The highest BCUT2D eigenvalue weighted by Gasteiger charge is 2.23. The fraction of sp³-hybridized carbons (Fsp3) is 0.318. The van der Waals surface area contributed by atoms with E-state index in [1.165, 1.54) is 0 Å². The molecule has 1 atom stereocenters. The maximum atomic E-state index is 12.2. The number of hydrogen-bond donors (Lipinski definition) is 3. The lowest BCUT2D eigenvalue weighted by Gasteiger charge is -2.16. The largest absolute Gasteiger partial charge is 0.489 e. The lowest BCUT2D eigenvalue weighted by atomic mass is 10.0. The van der Waals surface area contributed by atoms with E-state index in [1.54, 1.807) is 24.3 Å². The molecule has 2 aromatic carbocycles. The summed E-state index contributed by atoms with van der Waals surface area (Å²) in [6.45, 7) is 4.18. The van der Waals surface area contributed by atoms with Crippen LogP contribution in [-0.4, -0.2) is 33.9 Å². The Kier molecular flexibility index (Phi) is 8.21. The van der Waals surface area contributed by atoms with Crippen molar-refractivity contribution in [1.29, 1.82) is 0 Å². The molecule has 0 saturated heterocycles. The molecule has 0 aliphatic heterocycles. The average molecular weight is 398 g/mol. The van der Waals surface area contributed by atoms with E-state index in [2.05, 4.69) is 10.5 Å². The summed E-state index contributed by atoms with van der Waals surface area (Å²) in [7, 11) is 0. The van der Waals surface area contributed by atoms with E-state index < -0.39 is 17.9 Å². The van der Waals surface area contributed by atoms with E-state index in [0.29, 0.717) is 12.4 Å². The van der Waals surface area contributed by atoms with Gasteiger partial charge in [-0.15, -0.1) is 0 Å². The number of amides is 1. The Bertz CT molecular complexity index is 832. The number of rotatable bonds is 10. The molecule has 1 amide bonds. The van der Waals surface area contributed by atoms with Gasteiger partial charge in [0.05, 0.1) is 0 Å². The summed E-state index contributed by atoms with van der Waals surface area (Å²) >= 11 is 0. The van der Waals surface area contributed by atoms with Gasteiger partial charge in [0.25, 0.3) is 5.91 Å². The normalized spacial score (nSPS) is 12.4. The van der Waals surface area contributed by atoms with Crippen LogP contribution in [0, 0.1) is 5.92 Å². The molecule has 29 heavy (non-hydrogen) atoms. The minimum Gasteiger partial charge on any atom is -0.489 e. The first-order valence-electron chi connectivity index (χ1n) is 9.39. The van der Waals surface area contributed by atoms with Crippen LogP contribution in [0.2, 0.25) is 0 Å². The number of aliphatic carboxylic acids is 1. The lowest BCUT2D eigenvalue weighted by Crippen LogP contribution is -2.45. The number of nitrogens with one attached hydrogen (secondary N) is 1. The van der Waals surface area contributed by atoms with Crippen molar-refractivity contribution in [1.82, 2.24) is 5.32 Å². The van der Waals surface area contributed by atoms with Gasteiger partial charge in [0.15, 0.2) is 0 Å². The standard InChI is InChI=1S/C22H26N2O5/c1-15(2)12-19(24-28)21(25)23-20(22(26)27)13-16-8-10-18(11-9-16)29-14-17-6-4-3-5-7-17/h3-11,15,20,28H,12-14H2,1-2H3,(H,23,25)(H,26,27)/t20-/m0/s1. The monoisotopic (exact) mass is 398 g/mol. The number of carbonyl (C=O) groups excluding carboxylic acids is 1. The van der Waals surface area contributed by atoms with Crippen LogP contribution in [0.1, 0.15) is 31.4 Å². The average Bonchev–Trinajstić information content (AvgIpc) is 2.71. The third-order valence-corrected chi connectivity index (χ3v) is 4.20. The van der Waals surface area contributed by atoms with Crippen LogP contribution in [0.25, 0.3) is 0 Å². The van der Waals surface area contributed by atoms with Crippen molar-refractivity contribution in [3.8, 4) is 5.75 Å². The van der Waals surface area contributed by atoms with Crippen molar-refractivity contribution in [3.63, 3.8) is 0 Å². The topological polar surface area (TPSA) is 108 Å². The van der Waals surface area contributed by atoms with Crippen LogP contribution < -0.4 is 10.1 Å². The van der Waals surface area contributed by atoms with Crippen LogP contribution in [0.5, 0.6) is 5.75 Å². The van der Waals surface area contributed by atoms with Gasteiger partial charge in [-0.25, -0.2) is 4.79 Å². The molecule has 2 aromatic rings. The van der Waals surface area contributed by atoms with Crippen molar-refractivity contribution < 1.29 is 24.6 Å². The molecule has 0 aliphatic rings. The van der Waals surface area contributed by atoms with Gasteiger partial charge in [-0.1, -0.05) is 61.5 Å². The number of carboxylic acids is 1. The Morgan fingerprint density at radius 2 is 1.69 bits per heavy atom. The van der Waals surface area contributed by atoms with Crippen LogP contribution in [0.15, 0.2) is 59.8 Å². The molecule has 7 heteroatoms. The number of carboxylic acid groups (broad SMARTS) is 1. The Labute approximate surface area is 170 Å². The maximum Gasteiger partial charge on any atom is 0.326 e. The van der Waals surface area contributed by atoms with Crippen LogP contribution in [0.3, 0.4) is 0 Å². The molecule has 0 spiro atoms. The van der Waals surface area contributed by atoms with Crippen LogP contribution in [-0.2, 0) is 22.6 Å². The predicted molar refractivity (Wildman–Crippen MR) is 109 cm³/mol. The highest BCUT2D eigenvalue weighted by molar-refractivity contribution is 6.39. The van der Waals surface area contributed by atoms with Gasteiger partial charge in [0.2, 0.25) is 0 Å². The Morgan fingerprint density at radius 1 is 1.03 bits per heavy atom. The molecule has 0 aliphatic carbocycles. The summed E-state index contributed by atoms with van der Waals surface area (Å²) in [5, 5.41) is 23.9.